The van der Waals surface area contributed by atoms with E-state index < -0.39 is 18.3 Å². The molecule has 36 heavy (non-hydrogen) atoms. The van der Waals surface area contributed by atoms with E-state index in [2.05, 4.69) is 11.1 Å². The van der Waals surface area contributed by atoms with Gasteiger partial charge in [0, 0.05) is 18.2 Å². The van der Waals surface area contributed by atoms with Crippen molar-refractivity contribution in [2.24, 2.45) is 0 Å². The van der Waals surface area contributed by atoms with Gasteiger partial charge in [0.1, 0.15) is 30.3 Å². The van der Waals surface area contributed by atoms with Gasteiger partial charge in [-0.1, -0.05) is 6.07 Å². The third-order valence-corrected chi connectivity index (χ3v) is 6.63. The van der Waals surface area contributed by atoms with Crippen LogP contribution in [0.15, 0.2) is 30.3 Å². The van der Waals surface area contributed by atoms with E-state index in [1.54, 1.807) is 30.3 Å². The van der Waals surface area contributed by atoms with Gasteiger partial charge in [0.2, 0.25) is 11.8 Å². The number of carbonyl (C=O) groups excluding carboxylic acids is 1. The molecule has 2 fully saturated rings. The summed E-state index contributed by atoms with van der Waals surface area (Å²) in [6.07, 6.45) is 3.51. The van der Waals surface area contributed by atoms with Crippen LogP contribution in [0.2, 0.25) is 0 Å². The highest BCUT2D eigenvalue weighted by Crippen LogP contribution is 2.37. The van der Waals surface area contributed by atoms with E-state index in [4.69, 9.17) is 28.3 Å². The Balaban J connectivity index is 1.42. The van der Waals surface area contributed by atoms with Crippen LogP contribution in [-0.4, -0.2) is 55.7 Å². The molecule has 0 radical (unpaired) electrons. The Bertz CT molecular complexity index is 1110. The van der Waals surface area contributed by atoms with Crippen molar-refractivity contribution in [3.8, 4) is 23.6 Å². The number of rotatable bonds is 9. The van der Waals surface area contributed by atoms with Crippen LogP contribution < -0.4 is 14.9 Å². The summed E-state index contributed by atoms with van der Waals surface area (Å²) in [6, 6.07) is 10.3. The number of nitriles is 1. The maximum absolute atomic E-state index is 11.9. The summed E-state index contributed by atoms with van der Waals surface area (Å²) in [4.78, 5) is 16.2. The fourth-order valence-corrected chi connectivity index (χ4v) is 3.86. The molecule has 0 spiro atoms. The number of benzene rings is 1. The second kappa shape index (κ2) is 11.0. The minimum absolute atomic E-state index is 0.146. The van der Waals surface area contributed by atoms with Crippen molar-refractivity contribution in [3.63, 3.8) is 0 Å². The monoisotopic (exact) mass is 494 g/mol. The summed E-state index contributed by atoms with van der Waals surface area (Å²) < 4.78 is 34.9. The molecular formula is C26H31BN2O7. The first kappa shape index (κ1) is 26.1. The molecule has 4 rings (SSSR count). The van der Waals surface area contributed by atoms with Crippen molar-refractivity contribution >= 4 is 18.9 Å². The number of hydrogen-bond acceptors (Lipinski definition) is 9. The summed E-state index contributed by atoms with van der Waals surface area (Å²) in [5.74, 6) is 0.770. The highest BCUT2D eigenvalue weighted by molar-refractivity contribution is 6.63. The van der Waals surface area contributed by atoms with Crippen LogP contribution in [0.4, 0.5) is 0 Å². The van der Waals surface area contributed by atoms with Crippen LogP contribution in [0, 0.1) is 11.3 Å². The van der Waals surface area contributed by atoms with Gasteiger partial charge in [0.05, 0.1) is 17.8 Å². The molecule has 0 saturated carbocycles. The summed E-state index contributed by atoms with van der Waals surface area (Å²) in [5, 5.41) is 9.41. The Hall–Kier alpha value is -2.97. The molecule has 0 aliphatic carbocycles. The normalized spacial score (nSPS) is 20.5. The summed E-state index contributed by atoms with van der Waals surface area (Å²) in [7, 11) is -0.668. The van der Waals surface area contributed by atoms with Crippen LogP contribution in [0.3, 0.4) is 0 Å². The van der Waals surface area contributed by atoms with Crippen molar-refractivity contribution < 1.29 is 33.1 Å². The quantitative estimate of drug-likeness (QED) is 0.292. The van der Waals surface area contributed by atoms with Crippen LogP contribution in [0.25, 0.3) is 0 Å². The first-order valence-electron chi connectivity index (χ1n) is 12.1. The van der Waals surface area contributed by atoms with Gasteiger partial charge in [-0.25, -0.2) is 0 Å². The van der Waals surface area contributed by atoms with E-state index in [0.717, 1.165) is 25.5 Å². The lowest BCUT2D eigenvalue weighted by molar-refractivity contribution is -0.165. The molecule has 2 aliphatic rings. The molecule has 1 aromatic heterocycles. The van der Waals surface area contributed by atoms with Crippen molar-refractivity contribution in [2.75, 3.05) is 19.8 Å². The van der Waals surface area contributed by atoms with Gasteiger partial charge in [0.25, 0.3) is 0 Å². The van der Waals surface area contributed by atoms with Crippen LogP contribution in [0.5, 0.6) is 17.5 Å². The number of carbonyl (C=O) groups is 1. The molecule has 190 valence electrons. The number of pyridine rings is 1. The molecule has 0 N–H and O–H groups in total. The topological polar surface area (TPSA) is 109 Å². The van der Waals surface area contributed by atoms with Gasteiger partial charge in [-0.3, -0.25) is 4.79 Å². The van der Waals surface area contributed by atoms with E-state index in [1.165, 1.54) is 0 Å². The van der Waals surface area contributed by atoms with Gasteiger partial charge in [-0.2, -0.15) is 10.2 Å². The molecule has 2 aromatic rings. The largest absolute Gasteiger partial charge is 0.495 e. The highest BCUT2D eigenvalue weighted by atomic mass is 16.7. The fourth-order valence-electron chi connectivity index (χ4n) is 3.86. The Labute approximate surface area is 211 Å². The number of ether oxygens (including phenoxy) is 4. The van der Waals surface area contributed by atoms with E-state index in [1.807, 2.05) is 27.7 Å². The SMILES string of the molecule is CC1(C)OB(c2ccc(Oc3ccc(C#N)c(OCCOC4CCCCO4)n3)cc2C=O)OC1(C)C. The Morgan fingerprint density at radius 3 is 2.58 bits per heavy atom. The van der Waals surface area contributed by atoms with Gasteiger partial charge in [-0.15, -0.1) is 0 Å². The van der Waals surface area contributed by atoms with Gasteiger partial charge in [-0.05, 0) is 70.6 Å². The summed E-state index contributed by atoms with van der Waals surface area (Å²) in [5.41, 5.74) is 0.239. The highest BCUT2D eigenvalue weighted by Gasteiger charge is 2.52. The number of nitrogens with zero attached hydrogens (tertiary/aromatic N) is 2. The van der Waals surface area contributed by atoms with E-state index >= 15 is 0 Å². The van der Waals surface area contributed by atoms with Crippen LogP contribution >= 0.6 is 0 Å². The van der Waals surface area contributed by atoms with Crippen molar-refractivity contribution in [2.45, 2.75) is 64.4 Å². The molecule has 9 nitrogen and oxygen atoms in total. The molecule has 1 aromatic carbocycles. The second-order valence-corrected chi connectivity index (χ2v) is 9.73. The van der Waals surface area contributed by atoms with Gasteiger partial charge < -0.3 is 28.3 Å². The minimum atomic E-state index is -0.668. The molecular weight excluding hydrogens is 463 g/mol. The van der Waals surface area contributed by atoms with Crippen LogP contribution in [-0.2, 0) is 18.8 Å². The first-order valence-corrected chi connectivity index (χ1v) is 12.1. The molecule has 2 aliphatic heterocycles. The van der Waals surface area contributed by atoms with Crippen molar-refractivity contribution in [1.29, 1.82) is 5.26 Å². The van der Waals surface area contributed by atoms with E-state index in [0.29, 0.717) is 30.0 Å². The first-order chi connectivity index (χ1) is 17.2. The standard InChI is InChI=1S/C26H31BN2O7/c1-25(2)26(3,4)36-27(35-25)21-10-9-20(15-19(21)17-30)34-22-11-8-18(16-28)24(29-22)33-14-13-32-23-7-5-6-12-31-23/h8-11,15,17,23H,5-7,12-14H2,1-4H3. The third kappa shape index (κ3) is 5.87. The molecule has 10 heteroatoms. The lowest BCUT2D eigenvalue weighted by Gasteiger charge is -2.32. The maximum Gasteiger partial charge on any atom is 0.495 e. The Morgan fingerprint density at radius 1 is 1.14 bits per heavy atom. The molecule has 3 heterocycles. The summed E-state index contributed by atoms with van der Waals surface area (Å²) >= 11 is 0. The molecule has 0 amide bonds. The number of aromatic nitrogens is 1. The number of aldehydes is 1. The molecule has 0 bridgehead atoms. The lowest BCUT2D eigenvalue weighted by Crippen LogP contribution is -2.41. The molecule has 1 atom stereocenters. The Kier molecular flexibility index (Phi) is 7.96. The number of hydrogen-bond donors (Lipinski definition) is 0. The van der Waals surface area contributed by atoms with Gasteiger partial charge >= 0.3 is 7.12 Å². The zero-order valence-electron chi connectivity index (χ0n) is 21.1. The maximum atomic E-state index is 11.9. The van der Waals surface area contributed by atoms with E-state index in [9.17, 15) is 10.1 Å². The lowest BCUT2D eigenvalue weighted by atomic mass is 9.76. The second-order valence-electron chi connectivity index (χ2n) is 9.73. The van der Waals surface area contributed by atoms with E-state index in [-0.39, 0.29) is 30.2 Å². The average molecular weight is 494 g/mol. The predicted octanol–water partition coefficient (Wildman–Crippen LogP) is 3.78. The zero-order valence-corrected chi connectivity index (χ0v) is 21.1. The third-order valence-electron chi connectivity index (χ3n) is 6.63. The van der Waals surface area contributed by atoms with Crippen molar-refractivity contribution in [3.05, 3.63) is 41.5 Å². The van der Waals surface area contributed by atoms with Gasteiger partial charge in [0.15, 0.2) is 6.29 Å². The van der Waals surface area contributed by atoms with Crippen molar-refractivity contribution in [1.82, 2.24) is 4.98 Å². The minimum Gasteiger partial charge on any atom is -0.474 e. The molecule has 2 saturated heterocycles. The summed E-state index contributed by atoms with van der Waals surface area (Å²) in [6.45, 7) is 9.05. The fraction of sp³-hybridized carbons (Fsp3) is 0.500. The zero-order chi connectivity index (χ0) is 25.8. The Morgan fingerprint density at radius 2 is 1.92 bits per heavy atom. The smallest absolute Gasteiger partial charge is 0.474 e. The van der Waals surface area contributed by atoms with Crippen LogP contribution in [0.1, 0.15) is 62.9 Å². The average Bonchev–Trinajstić information content (AvgIpc) is 3.09. The molecule has 1 unspecified atom stereocenters. The predicted molar refractivity (Wildman–Crippen MR) is 132 cm³/mol.